The van der Waals surface area contributed by atoms with E-state index in [0.717, 1.165) is 78.8 Å². The Morgan fingerprint density at radius 3 is 1.13 bits per heavy atom. The van der Waals surface area contributed by atoms with E-state index in [1.807, 2.05) is 54.8 Å². The first kappa shape index (κ1) is 37.8. The molecule has 0 fully saturated rings. The summed E-state index contributed by atoms with van der Waals surface area (Å²) in [6.07, 6.45) is 1.81. The van der Waals surface area contributed by atoms with Crippen LogP contribution in [0.5, 0.6) is 0 Å². The normalized spacial score (nSPS) is 11.3. The van der Waals surface area contributed by atoms with Crippen LogP contribution in [0.15, 0.2) is 258 Å². The van der Waals surface area contributed by atoms with Gasteiger partial charge in [0.15, 0.2) is 0 Å². The zero-order valence-electron chi connectivity index (χ0n) is 33.9. The van der Waals surface area contributed by atoms with Crippen molar-refractivity contribution in [3.63, 3.8) is 0 Å². The average molecular weight is 799 g/mol. The predicted octanol–water partition coefficient (Wildman–Crippen LogP) is 15.4. The lowest BCUT2D eigenvalue weighted by Crippen LogP contribution is -2.09. The number of aromatic amines is 1. The lowest BCUT2D eigenvalue weighted by molar-refractivity contribution is 0.500. The van der Waals surface area contributed by atoms with Crippen LogP contribution < -0.4 is 15.4 Å². The number of aromatic nitrogens is 1. The Balaban J connectivity index is 1.03. The first-order valence-corrected chi connectivity index (χ1v) is 20.8. The highest BCUT2D eigenvalue weighted by Gasteiger charge is 2.17. The van der Waals surface area contributed by atoms with E-state index in [1.54, 1.807) is 0 Å². The monoisotopic (exact) mass is 798 g/mol. The molecule has 1 N–H and O–H groups in total. The van der Waals surface area contributed by atoms with Crippen molar-refractivity contribution in [2.75, 3.05) is 9.80 Å². The topological polar surface area (TPSA) is 47.8 Å². The van der Waals surface area contributed by atoms with Crippen molar-refractivity contribution < 1.29 is 4.42 Å². The van der Waals surface area contributed by atoms with Crippen molar-refractivity contribution in [2.45, 2.75) is 0 Å². The Bertz CT molecular complexity index is 3000. The maximum atomic E-state index is 6.55. The minimum Gasteiger partial charge on any atom is -0.445 e. The van der Waals surface area contributed by atoms with Crippen molar-refractivity contribution in [1.29, 1.82) is 0 Å². The number of nitrogens with one attached hydrogen (secondary N) is 1. The molecule has 0 bridgehead atoms. The molecule has 0 saturated carbocycles. The molecule has 0 radical (unpaired) electrons. The number of hydrogen-bond donors (Lipinski definition) is 1. The number of benzene rings is 8. The van der Waals surface area contributed by atoms with Crippen LogP contribution in [0.4, 0.5) is 39.9 Å². The van der Waals surface area contributed by atoms with Gasteiger partial charge in [0.1, 0.15) is 12.1 Å². The first-order chi connectivity index (χ1) is 30.7. The Hall–Kier alpha value is -8.41. The van der Waals surface area contributed by atoms with E-state index in [0.29, 0.717) is 11.4 Å². The van der Waals surface area contributed by atoms with E-state index in [-0.39, 0.29) is 0 Å². The second-order valence-electron chi connectivity index (χ2n) is 15.0. The number of H-pyrrole nitrogens is 1. The van der Waals surface area contributed by atoms with Crippen molar-refractivity contribution in [3.8, 4) is 44.6 Å². The Morgan fingerprint density at radius 2 is 0.694 bits per heavy atom. The molecule has 0 spiro atoms. The van der Waals surface area contributed by atoms with Gasteiger partial charge in [0, 0.05) is 56.5 Å². The molecule has 0 amide bonds. The maximum Gasteiger partial charge on any atom is 0.228 e. The van der Waals surface area contributed by atoms with Gasteiger partial charge in [-0.3, -0.25) is 0 Å². The third kappa shape index (κ3) is 7.99. The number of para-hydroxylation sites is 4. The molecule has 5 nitrogen and oxygen atoms in total. The highest BCUT2D eigenvalue weighted by molar-refractivity contribution is 5.83. The van der Waals surface area contributed by atoms with Crippen molar-refractivity contribution >= 4 is 39.9 Å². The van der Waals surface area contributed by atoms with Gasteiger partial charge in [-0.2, -0.15) is 4.99 Å². The van der Waals surface area contributed by atoms with Crippen LogP contribution in [0, 0.1) is 0 Å². The second kappa shape index (κ2) is 17.4. The SMILES string of the molecule is c1ccc(-c2cc(-c3ccc(N(c4ccccc4)c4ccccc4)cc3)[nH]c2N=c2occ(-c3ccc(N(c4ccccc4)c4ccccc4)cc3)cc2-c2ccccc2)cc1. The molecule has 0 unspecified atom stereocenters. The lowest BCUT2D eigenvalue weighted by atomic mass is 10.0. The smallest absolute Gasteiger partial charge is 0.228 e. The van der Waals surface area contributed by atoms with Gasteiger partial charge >= 0.3 is 0 Å². The van der Waals surface area contributed by atoms with Crippen LogP contribution in [0.25, 0.3) is 44.6 Å². The summed E-state index contributed by atoms with van der Waals surface area (Å²) in [7, 11) is 0. The Kier molecular flexibility index (Phi) is 10.6. The van der Waals surface area contributed by atoms with Crippen LogP contribution in [0.2, 0.25) is 0 Å². The molecule has 8 aromatic carbocycles. The molecule has 2 heterocycles. The van der Waals surface area contributed by atoms with E-state index in [4.69, 9.17) is 9.41 Å². The minimum absolute atomic E-state index is 0.512. The average Bonchev–Trinajstić information content (AvgIpc) is 3.78. The van der Waals surface area contributed by atoms with Gasteiger partial charge in [0.25, 0.3) is 0 Å². The van der Waals surface area contributed by atoms with E-state index in [2.05, 4.69) is 209 Å². The summed E-state index contributed by atoms with van der Waals surface area (Å²) in [6.45, 7) is 0. The quantitative estimate of drug-likeness (QED) is 0.142. The summed E-state index contributed by atoms with van der Waals surface area (Å²) in [4.78, 5) is 13.5. The minimum atomic E-state index is 0.512. The van der Waals surface area contributed by atoms with E-state index < -0.39 is 0 Å². The van der Waals surface area contributed by atoms with Crippen LogP contribution in [-0.2, 0) is 0 Å². The van der Waals surface area contributed by atoms with Crippen molar-refractivity contribution in [3.05, 3.63) is 254 Å². The van der Waals surface area contributed by atoms with Crippen LogP contribution in [-0.4, -0.2) is 4.98 Å². The molecule has 62 heavy (non-hydrogen) atoms. The number of nitrogens with zero attached hydrogens (tertiary/aromatic N) is 3. The number of rotatable bonds is 11. The van der Waals surface area contributed by atoms with Gasteiger partial charge in [0.2, 0.25) is 5.55 Å². The summed E-state index contributed by atoms with van der Waals surface area (Å²) < 4.78 is 6.55. The van der Waals surface area contributed by atoms with Crippen molar-refractivity contribution in [1.82, 2.24) is 4.98 Å². The number of anilines is 6. The van der Waals surface area contributed by atoms with Gasteiger partial charge in [-0.25, -0.2) is 0 Å². The standard InChI is InChI=1S/C57H42N4O/c1-7-19-43(20-8-1)53-40-55(45-33-37-52(38-34-45)61(49-27-15-5-16-28-49)50-29-17-6-18-30-50)58-56(53)59-57-54(44-21-9-2-10-22-44)39-46(41-62-57)42-31-35-51(36-32-42)60(47-23-11-3-12-24-47)48-25-13-4-14-26-48/h1-41,58H. The number of hydrogen-bond acceptors (Lipinski definition) is 4. The summed E-state index contributed by atoms with van der Waals surface area (Å²) in [5, 5.41) is 0. The van der Waals surface area contributed by atoms with Crippen molar-refractivity contribution in [2.24, 2.45) is 4.99 Å². The molecular weight excluding hydrogens is 757 g/mol. The molecule has 296 valence electrons. The molecule has 5 heteroatoms. The second-order valence-corrected chi connectivity index (χ2v) is 15.0. The first-order valence-electron chi connectivity index (χ1n) is 20.8. The molecule has 10 aromatic rings. The Morgan fingerprint density at radius 1 is 0.323 bits per heavy atom. The van der Waals surface area contributed by atoms with Gasteiger partial charge in [-0.15, -0.1) is 0 Å². The highest BCUT2D eigenvalue weighted by atomic mass is 16.3. The predicted molar refractivity (Wildman–Crippen MR) is 256 cm³/mol. The van der Waals surface area contributed by atoms with E-state index in [1.165, 1.54) is 0 Å². The fraction of sp³-hybridized carbons (Fsp3) is 0. The fourth-order valence-electron chi connectivity index (χ4n) is 7.92. The fourth-order valence-corrected chi connectivity index (χ4v) is 7.92. The summed E-state index contributed by atoms with van der Waals surface area (Å²) >= 11 is 0. The van der Waals surface area contributed by atoms with Crippen LogP contribution in [0.1, 0.15) is 0 Å². The summed E-state index contributed by atoms with van der Waals surface area (Å²) in [5.74, 6) is 0.713. The zero-order chi connectivity index (χ0) is 41.5. The molecule has 10 rings (SSSR count). The molecule has 0 atom stereocenters. The van der Waals surface area contributed by atoms with Gasteiger partial charge in [-0.1, -0.05) is 158 Å². The van der Waals surface area contributed by atoms with Gasteiger partial charge in [-0.05, 0) is 107 Å². The van der Waals surface area contributed by atoms with Gasteiger partial charge < -0.3 is 19.2 Å². The maximum absolute atomic E-state index is 6.55. The van der Waals surface area contributed by atoms with E-state index in [9.17, 15) is 0 Å². The summed E-state index contributed by atoms with van der Waals surface area (Å²) in [6, 6.07) is 84.2. The summed E-state index contributed by atoms with van der Waals surface area (Å²) in [5.41, 5.74) is 15.0. The largest absolute Gasteiger partial charge is 0.445 e. The molecule has 0 aliphatic heterocycles. The zero-order valence-corrected chi connectivity index (χ0v) is 33.9. The third-order valence-electron chi connectivity index (χ3n) is 11.0. The molecule has 0 aliphatic carbocycles. The van der Waals surface area contributed by atoms with Gasteiger partial charge in [0.05, 0.1) is 0 Å². The molecule has 0 aliphatic rings. The Labute approximate surface area is 361 Å². The van der Waals surface area contributed by atoms with Crippen LogP contribution >= 0.6 is 0 Å². The molecular formula is C57H42N4O. The molecule has 2 aromatic heterocycles. The lowest BCUT2D eigenvalue weighted by Gasteiger charge is -2.25. The third-order valence-corrected chi connectivity index (χ3v) is 11.0. The van der Waals surface area contributed by atoms with Crippen LogP contribution in [0.3, 0.4) is 0 Å². The highest BCUT2D eigenvalue weighted by Crippen LogP contribution is 2.39. The van der Waals surface area contributed by atoms with E-state index >= 15 is 0 Å². The molecule has 0 saturated heterocycles.